The number of carboxylic acids is 1. The molecule has 12 heteroatoms. The van der Waals surface area contributed by atoms with E-state index in [4.69, 9.17) is 9.73 Å². The number of nitrogens with one attached hydrogen (secondary N) is 1. The number of anilines is 1. The monoisotopic (exact) mass is 617 g/mol. The second kappa shape index (κ2) is 12.3. The number of aliphatic imine (C=N–C) groups is 1. The number of fused-ring (bicyclic) bond motifs is 1. The van der Waals surface area contributed by atoms with Crippen molar-refractivity contribution in [3.8, 4) is 0 Å². The molecule has 1 aromatic heterocycles. The minimum Gasteiger partial charge on any atom is -0.478 e. The van der Waals surface area contributed by atoms with Gasteiger partial charge in [0.25, 0.3) is 0 Å². The number of aromatic nitrogens is 1. The summed E-state index contributed by atoms with van der Waals surface area (Å²) in [5.41, 5.74) is 2.77. The van der Waals surface area contributed by atoms with Crippen LogP contribution in [0.25, 0.3) is 0 Å². The average molecular weight is 618 g/mol. The van der Waals surface area contributed by atoms with Crippen LogP contribution in [0, 0.1) is 24.6 Å². The molecule has 2 N–H and O–H groups in total. The summed E-state index contributed by atoms with van der Waals surface area (Å²) in [5.74, 6) is -1.46. The molecule has 3 aliphatic heterocycles. The van der Waals surface area contributed by atoms with Crippen molar-refractivity contribution < 1.29 is 28.6 Å². The fourth-order valence-electron chi connectivity index (χ4n) is 6.29. The van der Waals surface area contributed by atoms with E-state index >= 15 is 0 Å². The number of amides is 1. The number of aromatic carboxylic acids is 1. The Morgan fingerprint density at radius 2 is 1.98 bits per heavy atom. The van der Waals surface area contributed by atoms with Crippen LogP contribution in [0.3, 0.4) is 0 Å². The minimum absolute atomic E-state index is 0.0415. The molecule has 6 rings (SSSR count). The quantitative estimate of drug-likeness (QED) is 0.361. The van der Waals surface area contributed by atoms with Crippen LogP contribution in [-0.2, 0) is 14.3 Å². The lowest BCUT2D eigenvalue weighted by atomic mass is 9.87. The van der Waals surface area contributed by atoms with Crippen molar-refractivity contribution in [2.24, 2.45) is 16.8 Å². The second-order valence-corrected chi connectivity index (χ2v) is 12.0. The molecule has 228 valence electrons. The molecule has 3 atom stereocenters. The Kier molecular flexibility index (Phi) is 8.28. The molecule has 0 aliphatic carbocycles. The first-order chi connectivity index (χ1) is 21.2. The molecule has 44 heavy (non-hydrogen) atoms. The Morgan fingerprint density at radius 1 is 1.18 bits per heavy atom. The molecular formula is C32H32FN5O5S. The maximum atomic E-state index is 14.7. The van der Waals surface area contributed by atoms with Gasteiger partial charge in [-0.1, -0.05) is 12.1 Å². The third-order valence-corrected chi connectivity index (χ3v) is 9.27. The number of amidine groups is 1. The Balaban J connectivity index is 1.30. The number of hydrogen-bond acceptors (Lipinski definition) is 9. The zero-order chi connectivity index (χ0) is 31.0. The van der Waals surface area contributed by atoms with Crippen molar-refractivity contribution in [3.05, 3.63) is 92.8 Å². The molecule has 1 unspecified atom stereocenters. The number of likely N-dealkylation sites (tertiary alicyclic amines) is 1. The van der Waals surface area contributed by atoms with Crippen molar-refractivity contribution in [3.63, 3.8) is 0 Å². The predicted molar refractivity (Wildman–Crippen MR) is 163 cm³/mol. The van der Waals surface area contributed by atoms with E-state index in [9.17, 15) is 23.9 Å². The van der Waals surface area contributed by atoms with Gasteiger partial charge in [-0.15, -0.1) is 11.3 Å². The number of rotatable bonds is 8. The molecule has 1 amide bonds. The van der Waals surface area contributed by atoms with E-state index in [0.717, 1.165) is 0 Å². The van der Waals surface area contributed by atoms with Gasteiger partial charge in [0.15, 0.2) is 10.8 Å². The first-order valence-electron chi connectivity index (χ1n) is 14.5. The summed E-state index contributed by atoms with van der Waals surface area (Å²) in [7, 11) is 0. The first-order valence-corrected chi connectivity index (χ1v) is 15.4. The van der Waals surface area contributed by atoms with E-state index < -0.39 is 18.0 Å². The van der Waals surface area contributed by atoms with Crippen molar-refractivity contribution in [2.75, 3.05) is 37.7 Å². The van der Waals surface area contributed by atoms with E-state index in [1.807, 2.05) is 5.38 Å². The lowest BCUT2D eigenvalue weighted by Gasteiger charge is -2.36. The van der Waals surface area contributed by atoms with E-state index in [2.05, 4.69) is 15.2 Å². The number of carboxylic acid groups (broad SMARTS) is 1. The van der Waals surface area contributed by atoms with Gasteiger partial charge in [-0.05, 0) is 68.3 Å². The van der Waals surface area contributed by atoms with Gasteiger partial charge in [-0.25, -0.2) is 19.0 Å². The summed E-state index contributed by atoms with van der Waals surface area (Å²) < 4.78 is 20.2. The number of nitrogens with zero attached hydrogens (tertiary/aromatic N) is 4. The van der Waals surface area contributed by atoms with Crippen molar-refractivity contribution in [2.45, 2.75) is 26.3 Å². The summed E-state index contributed by atoms with van der Waals surface area (Å²) in [6, 6.07) is 10.3. The fraction of sp³-hybridized carbons (Fsp3) is 0.344. The fourth-order valence-corrected chi connectivity index (χ4v) is 6.88. The van der Waals surface area contributed by atoms with Gasteiger partial charge < -0.3 is 20.1 Å². The maximum absolute atomic E-state index is 14.7. The summed E-state index contributed by atoms with van der Waals surface area (Å²) in [6.07, 6.45) is 2.33. The van der Waals surface area contributed by atoms with Gasteiger partial charge >= 0.3 is 11.9 Å². The third kappa shape index (κ3) is 5.62. The third-order valence-electron chi connectivity index (χ3n) is 8.49. The molecular weight excluding hydrogens is 585 g/mol. The highest BCUT2D eigenvalue weighted by molar-refractivity contribution is 7.11. The van der Waals surface area contributed by atoms with E-state index in [0.29, 0.717) is 71.5 Å². The molecule has 0 bridgehead atoms. The predicted octanol–water partition coefficient (Wildman–Crippen LogP) is 4.18. The molecule has 2 fully saturated rings. The minimum atomic E-state index is -1.01. The number of carbonyl (C=O) groups excluding carboxylic acids is 2. The van der Waals surface area contributed by atoms with Gasteiger partial charge in [0.1, 0.15) is 11.9 Å². The van der Waals surface area contributed by atoms with Crippen LogP contribution in [0.1, 0.15) is 45.9 Å². The number of halogens is 1. The largest absolute Gasteiger partial charge is 0.478 e. The standard InChI is InChI=1S/C32H32FN5O5S/c1-3-43-32(42)26-25(35-28(29-34-12-14-44-29)36-27(26)22-5-4-6-24(33)18(22)2)17-37-13-11-23-20(15-37)16-38(30(23)39)21-9-7-19(8-10-21)31(40)41/h4-10,12,14,20,23,27H,3,11,13,15-17H2,1-2H3,(H,35,36)(H,40,41)/t20-,23-,27?/m1/s1. The second-order valence-electron chi connectivity index (χ2n) is 11.1. The highest BCUT2D eigenvalue weighted by Crippen LogP contribution is 2.38. The number of hydrogen-bond donors (Lipinski definition) is 2. The normalized spacial score (nSPS) is 22.0. The molecule has 4 heterocycles. The summed E-state index contributed by atoms with van der Waals surface area (Å²) in [5, 5.41) is 15.1. The highest BCUT2D eigenvalue weighted by atomic mass is 32.1. The SMILES string of the molecule is CCOC(=O)C1=C(CN2CC[C@H]3C(=O)N(c4ccc(C(=O)O)cc4)C[C@H]3C2)NC(c2nccs2)=NC1c1cccc(F)c1C. The molecule has 3 aliphatic rings. The van der Waals surface area contributed by atoms with Crippen molar-refractivity contribution >= 4 is 40.7 Å². The van der Waals surface area contributed by atoms with Crippen molar-refractivity contribution in [1.82, 2.24) is 15.2 Å². The van der Waals surface area contributed by atoms with Gasteiger partial charge in [-0.2, -0.15) is 0 Å². The molecule has 0 saturated carbocycles. The Labute approximate surface area is 257 Å². The van der Waals surface area contributed by atoms with E-state index in [1.165, 1.54) is 29.5 Å². The molecule has 2 aromatic carbocycles. The number of benzene rings is 2. The lowest BCUT2D eigenvalue weighted by Crippen LogP contribution is -2.45. The smallest absolute Gasteiger partial charge is 0.338 e. The zero-order valence-corrected chi connectivity index (χ0v) is 25.1. The Hall–Kier alpha value is -4.42. The number of carbonyl (C=O) groups is 3. The number of ether oxygens (including phenoxy) is 1. The molecule has 0 radical (unpaired) electrons. The van der Waals surface area contributed by atoms with Crippen LogP contribution in [0.15, 0.2) is 70.3 Å². The summed E-state index contributed by atoms with van der Waals surface area (Å²) in [6.45, 7) is 5.73. The zero-order valence-electron chi connectivity index (χ0n) is 24.3. The van der Waals surface area contributed by atoms with Crippen LogP contribution >= 0.6 is 11.3 Å². The van der Waals surface area contributed by atoms with Crippen LogP contribution in [0.2, 0.25) is 0 Å². The Morgan fingerprint density at radius 3 is 2.68 bits per heavy atom. The van der Waals surface area contributed by atoms with Gasteiger partial charge in [0.05, 0.1) is 17.7 Å². The van der Waals surface area contributed by atoms with Crippen LogP contribution < -0.4 is 10.2 Å². The Bertz CT molecular complexity index is 1660. The van der Waals surface area contributed by atoms with Gasteiger partial charge in [-0.3, -0.25) is 14.7 Å². The molecule has 3 aromatic rings. The molecule has 0 spiro atoms. The summed E-state index contributed by atoms with van der Waals surface area (Å²) >= 11 is 1.41. The number of thiazole rings is 1. The lowest BCUT2D eigenvalue weighted by molar-refractivity contribution is -0.139. The molecule has 2 saturated heterocycles. The first kappa shape index (κ1) is 29.6. The van der Waals surface area contributed by atoms with Gasteiger partial charge in [0, 0.05) is 54.4 Å². The highest BCUT2D eigenvalue weighted by Gasteiger charge is 2.44. The maximum Gasteiger partial charge on any atom is 0.338 e. The van der Waals surface area contributed by atoms with Crippen LogP contribution in [0.4, 0.5) is 10.1 Å². The van der Waals surface area contributed by atoms with Gasteiger partial charge in [0.2, 0.25) is 5.91 Å². The van der Waals surface area contributed by atoms with Crippen LogP contribution in [0.5, 0.6) is 0 Å². The van der Waals surface area contributed by atoms with E-state index in [-0.39, 0.29) is 35.7 Å². The van der Waals surface area contributed by atoms with Crippen molar-refractivity contribution in [1.29, 1.82) is 0 Å². The number of piperidine rings is 1. The van der Waals surface area contributed by atoms with Crippen LogP contribution in [-0.4, -0.2) is 71.5 Å². The average Bonchev–Trinajstić information content (AvgIpc) is 3.67. The summed E-state index contributed by atoms with van der Waals surface area (Å²) in [4.78, 5) is 51.4. The topological polar surface area (TPSA) is 124 Å². The number of esters is 1. The molecule has 10 nitrogen and oxygen atoms in total. The van der Waals surface area contributed by atoms with E-state index in [1.54, 1.807) is 49.2 Å².